The molecule has 0 amide bonds. The summed E-state index contributed by atoms with van der Waals surface area (Å²) in [5, 5.41) is 11.6. The van der Waals surface area contributed by atoms with Crippen LogP contribution in [0.4, 0.5) is 0 Å². The van der Waals surface area contributed by atoms with Crippen LogP contribution >= 0.6 is 0 Å². The lowest BCUT2D eigenvalue weighted by atomic mass is 10.0. The molecule has 0 fully saturated rings. The predicted molar refractivity (Wildman–Crippen MR) is 144 cm³/mol. The maximum absolute atomic E-state index is 8.17. The summed E-state index contributed by atoms with van der Waals surface area (Å²) in [7, 11) is 0. The molecule has 0 aromatic heterocycles. The summed E-state index contributed by atoms with van der Waals surface area (Å²) in [4.78, 5) is 8.62. The molecule has 7 nitrogen and oxygen atoms in total. The number of nitrogens with one attached hydrogen (secondary N) is 2. The standard InChI is InChI=1S/C27H46N6O/c28-24(13-7-4-2-1-3-5-9-21-33-27(29)30)14-8-6-12-22-34-25-17-15-23(16-18-25)26-31-19-10-11-20-32-26/h15-18,28H,1-14,19-22H2,(H,31,32)(H4,29,30,33). The second-order valence-electron chi connectivity index (χ2n) is 9.18. The van der Waals surface area contributed by atoms with Gasteiger partial charge in [0, 0.05) is 30.9 Å². The lowest BCUT2D eigenvalue weighted by Crippen LogP contribution is -2.24. The molecule has 1 aromatic rings. The first-order valence-electron chi connectivity index (χ1n) is 13.3. The summed E-state index contributed by atoms with van der Waals surface area (Å²) in [5.74, 6) is 2.11. The predicted octanol–water partition coefficient (Wildman–Crippen LogP) is 5.17. The van der Waals surface area contributed by atoms with Gasteiger partial charge in [-0.3, -0.25) is 9.98 Å². The van der Waals surface area contributed by atoms with Crippen molar-refractivity contribution in [3.05, 3.63) is 29.8 Å². The van der Waals surface area contributed by atoms with E-state index in [4.69, 9.17) is 21.6 Å². The van der Waals surface area contributed by atoms with Crippen LogP contribution in [0.1, 0.15) is 95.5 Å². The van der Waals surface area contributed by atoms with E-state index >= 15 is 0 Å². The molecule has 0 saturated heterocycles. The third-order valence-electron chi connectivity index (χ3n) is 6.10. The van der Waals surface area contributed by atoms with Crippen LogP contribution in [0.3, 0.4) is 0 Å². The highest BCUT2D eigenvalue weighted by Crippen LogP contribution is 2.15. The molecule has 0 bridgehead atoms. The average Bonchev–Trinajstić information content (AvgIpc) is 3.12. The number of guanidine groups is 1. The highest BCUT2D eigenvalue weighted by Gasteiger charge is 2.06. The van der Waals surface area contributed by atoms with Crippen molar-refractivity contribution in [2.45, 2.75) is 89.9 Å². The van der Waals surface area contributed by atoms with Crippen LogP contribution in [0.15, 0.2) is 34.3 Å². The lowest BCUT2D eigenvalue weighted by Gasteiger charge is -2.10. The van der Waals surface area contributed by atoms with Gasteiger partial charge in [-0.05, 0) is 82.1 Å². The Hall–Kier alpha value is -2.57. The van der Waals surface area contributed by atoms with Crippen LogP contribution < -0.4 is 21.5 Å². The van der Waals surface area contributed by atoms with E-state index in [-0.39, 0.29) is 5.96 Å². The van der Waals surface area contributed by atoms with Crippen molar-refractivity contribution in [1.82, 2.24) is 5.32 Å². The normalized spacial score (nSPS) is 13.5. The zero-order valence-corrected chi connectivity index (χ0v) is 21.0. The fourth-order valence-corrected chi connectivity index (χ4v) is 4.07. The van der Waals surface area contributed by atoms with E-state index in [9.17, 15) is 0 Å². The van der Waals surface area contributed by atoms with Crippen molar-refractivity contribution < 1.29 is 4.74 Å². The lowest BCUT2D eigenvalue weighted by molar-refractivity contribution is 0.305. The molecular formula is C27H46N6O. The number of amidine groups is 1. The van der Waals surface area contributed by atoms with Crippen molar-refractivity contribution >= 4 is 17.5 Å². The van der Waals surface area contributed by atoms with E-state index in [2.05, 4.69) is 27.4 Å². The van der Waals surface area contributed by atoms with Gasteiger partial charge in [0.15, 0.2) is 5.96 Å². The number of hydrogen-bond acceptors (Lipinski definition) is 5. The summed E-state index contributed by atoms with van der Waals surface area (Å²) in [6.45, 7) is 3.38. The Morgan fingerprint density at radius 1 is 0.882 bits per heavy atom. The molecule has 6 N–H and O–H groups in total. The van der Waals surface area contributed by atoms with Gasteiger partial charge in [0.05, 0.1) is 6.61 Å². The maximum Gasteiger partial charge on any atom is 0.185 e. The van der Waals surface area contributed by atoms with Crippen molar-refractivity contribution in [3.8, 4) is 5.75 Å². The van der Waals surface area contributed by atoms with Gasteiger partial charge >= 0.3 is 0 Å². The molecule has 0 unspecified atom stereocenters. The average molecular weight is 471 g/mol. The van der Waals surface area contributed by atoms with Gasteiger partial charge in [0.1, 0.15) is 11.6 Å². The van der Waals surface area contributed by atoms with E-state index in [1.807, 2.05) is 12.1 Å². The zero-order valence-electron chi connectivity index (χ0n) is 21.0. The van der Waals surface area contributed by atoms with Crippen LogP contribution in [0.2, 0.25) is 0 Å². The molecule has 1 aliphatic heterocycles. The summed E-state index contributed by atoms with van der Waals surface area (Å²) in [5.41, 5.74) is 12.7. The highest BCUT2D eigenvalue weighted by molar-refractivity contribution is 5.98. The van der Waals surface area contributed by atoms with E-state index in [0.717, 1.165) is 100 Å². The van der Waals surface area contributed by atoms with Crippen LogP contribution in [0.5, 0.6) is 5.75 Å². The summed E-state index contributed by atoms with van der Waals surface area (Å²) in [6, 6.07) is 8.24. The largest absolute Gasteiger partial charge is 0.494 e. The van der Waals surface area contributed by atoms with E-state index in [1.165, 1.54) is 38.5 Å². The van der Waals surface area contributed by atoms with Gasteiger partial charge in [-0.2, -0.15) is 0 Å². The number of ether oxygens (including phenoxy) is 1. The van der Waals surface area contributed by atoms with Gasteiger partial charge in [-0.15, -0.1) is 0 Å². The van der Waals surface area contributed by atoms with Crippen LogP contribution in [-0.4, -0.2) is 43.7 Å². The first-order chi connectivity index (χ1) is 16.6. The molecule has 1 heterocycles. The fraction of sp³-hybridized carbons (Fsp3) is 0.667. The quantitative estimate of drug-likeness (QED) is 0.134. The molecule has 1 aliphatic rings. The molecular weight excluding hydrogens is 424 g/mol. The maximum atomic E-state index is 8.17. The second kappa shape index (κ2) is 17.8. The molecule has 1 aromatic carbocycles. The molecule has 0 spiro atoms. The number of aliphatic imine (C=N–C) groups is 2. The number of hydrogen-bond donors (Lipinski definition) is 4. The Labute approximate surface area is 206 Å². The van der Waals surface area contributed by atoms with E-state index < -0.39 is 0 Å². The zero-order chi connectivity index (χ0) is 24.3. The van der Waals surface area contributed by atoms with Crippen molar-refractivity contribution in [1.29, 1.82) is 5.41 Å². The number of benzene rings is 1. The highest BCUT2D eigenvalue weighted by atomic mass is 16.5. The summed E-state index contributed by atoms with van der Waals surface area (Å²) in [6.07, 6.45) is 15.8. The van der Waals surface area contributed by atoms with Crippen molar-refractivity contribution in [3.63, 3.8) is 0 Å². The fourth-order valence-electron chi connectivity index (χ4n) is 4.07. The van der Waals surface area contributed by atoms with Crippen LogP contribution in [-0.2, 0) is 0 Å². The van der Waals surface area contributed by atoms with Gasteiger partial charge in [0.25, 0.3) is 0 Å². The molecule has 0 aliphatic carbocycles. The minimum absolute atomic E-state index is 0.191. The molecule has 0 radical (unpaired) electrons. The Balaban J connectivity index is 1.41. The van der Waals surface area contributed by atoms with Crippen LogP contribution in [0.25, 0.3) is 0 Å². The van der Waals surface area contributed by atoms with Gasteiger partial charge in [-0.1, -0.05) is 32.1 Å². The van der Waals surface area contributed by atoms with Crippen molar-refractivity contribution in [2.24, 2.45) is 21.5 Å². The topological polar surface area (TPSA) is 122 Å². The second-order valence-corrected chi connectivity index (χ2v) is 9.18. The van der Waals surface area contributed by atoms with E-state index in [0.29, 0.717) is 0 Å². The molecule has 2 rings (SSSR count). The smallest absolute Gasteiger partial charge is 0.185 e. The van der Waals surface area contributed by atoms with Gasteiger partial charge in [-0.25, -0.2) is 0 Å². The summed E-state index contributed by atoms with van der Waals surface area (Å²) >= 11 is 0. The first kappa shape index (κ1) is 27.7. The van der Waals surface area contributed by atoms with Gasteiger partial charge < -0.3 is 26.9 Å². The number of rotatable bonds is 18. The SMILES string of the molecule is N=C(CCCCCCCCCN=C(N)N)CCCCCOc1ccc(C2=NCCCCN2)cc1. The number of unbranched alkanes of at least 4 members (excludes halogenated alkanes) is 8. The third kappa shape index (κ3) is 13.2. The molecule has 0 saturated carbocycles. The Morgan fingerprint density at radius 3 is 2.24 bits per heavy atom. The molecule has 34 heavy (non-hydrogen) atoms. The Bertz CT molecular complexity index is 740. The van der Waals surface area contributed by atoms with Gasteiger partial charge in [0.2, 0.25) is 0 Å². The van der Waals surface area contributed by atoms with Crippen molar-refractivity contribution in [2.75, 3.05) is 26.2 Å². The monoisotopic (exact) mass is 470 g/mol. The molecule has 0 atom stereocenters. The molecule has 190 valence electrons. The minimum atomic E-state index is 0.191. The van der Waals surface area contributed by atoms with Crippen LogP contribution in [0, 0.1) is 5.41 Å². The minimum Gasteiger partial charge on any atom is -0.494 e. The van der Waals surface area contributed by atoms with E-state index in [1.54, 1.807) is 0 Å². The Kier molecular flexibility index (Phi) is 14.5. The Morgan fingerprint density at radius 2 is 1.53 bits per heavy atom. The number of nitrogens with zero attached hydrogens (tertiary/aromatic N) is 2. The third-order valence-corrected chi connectivity index (χ3v) is 6.10. The number of nitrogens with two attached hydrogens (primary N) is 2. The summed E-state index contributed by atoms with van der Waals surface area (Å²) < 4.78 is 5.89. The molecule has 7 heteroatoms. The first-order valence-corrected chi connectivity index (χ1v) is 13.3.